The Morgan fingerprint density at radius 3 is 2.54 bits per heavy atom. The smallest absolute Gasteiger partial charge is 0.491 e. The number of phenols is 1. The van der Waals surface area contributed by atoms with Crippen LogP contribution in [0.1, 0.15) is 57.5 Å². The number of aromatic nitrogens is 4. The molecular weight excluding hydrogens is 995 g/mol. The first-order valence-corrected chi connectivity index (χ1v) is 24.9. The highest BCUT2D eigenvalue weighted by Crippen LogP contribution is 2.58. The number of phosphoric ester groups is 2. The number of nitrogens with zero attached hydrogens (tertiary/aromatic N) is 5. The number of ether oxygens (including phenoxy) is 1. The van der Waals surface area contributed by atoms with E-state index in [1.165, 1.54) is 65.8 Å². The number of aliphatic hydroxyl groups is 1. The molecule has 2 aromatic heterocycles. The third-order valence-electron chi connectivity index (χ3n) is 10.8. The van der Waals surface area contributed by atoms with Crippen LogP contribution in [-0.2, 0) is 31.8 Å². The number of phenolic OH excluding ortho intramolecular Hbond substituents is 1. The Kier molecular flexibility index (Phi) is 15.1. The van der Waals surface area contributed by atoms with E-state index in [0.717, 1.165) is 12.7 Å². The molecule has 7 unspecified atom stereocenters. The number of carboxylic acids is 1. The van der Waals surface area contributed by atoms with E-state index in [4.69, 9.17) is 13.7 Å². The predicted molar refractivity (Wildman–Crippen MR) is 248 cm³/mol. The van der Waals surface area contributed by atoms with Gasteiger partial charge in [-0.3, -0.25) is 28.4 Å². The second-order valence-corrected chi connectivity index (χ2v) is 19.6. The molecule has 7 atom stereocenters. The summed E-state index contributed by atoms with van der Waals surface area (Å²) in [6.45, 7) is 1.10. The monoisotopic (exact) mass is 1040 g/mol. The lowest BCUT2D eigenvalue weighted by Gasteiger charge is -2.22. The summed E-state index contributed by atoms with van der Waals surface area (Å²) < 4.78 is 54.3. The number of carbonyl (C=O) groups is 2. The van der Waals surface area contributed by atoms with Crippen LogP contribution in [0.2, 0.25) is 0 Å². The van der Waals surface area contributed by atoms with Crippen molar-refractivity contribution in [3.63, 3.8) is 0 Å². The molecule has 0 radical (unpaired) electrons. The summed E-state index contributed by atoms with van der Waals surface area (Å²) in [4.78, 5) is 79.4. The molecule has 2 aliphatic heterocycles. The maximum absolute atomic E-state index is 13.4. The molecular formula is C43H40N7O18P3. The van der Waals surface area contributed by atoms with Crippen LogP contribution < -0.4 is 16.1 Å². The first-order valence-electron chi connectivity index (χ1n) is 20.7. The van der Waals surface area contributed by atoms with Gasteiger partial charge in [0.05, 0.1) is 37.2 Å². The van der Waals surface area contributed by atoms with Crippen LogP contribution in [-0.4, -0.2) is 104 Å². The average Bonchev–Trinajstić information content (AvgIpc) is 3.94. The van der Waals surface area contributed by atoms with Crippen LogP contribution in [0.5, 0.6) is 5.75 Å². The van der Waals surface area contributed by atoms with Crippen molar-refractivity contribution in [1.29, 1.82) is 0 Å². The van der Waals surface area contributed by atoms with Crippen LogP contribution in [0.15, 0.2) is 101 Å². The molecule has 0 spiro atoms. The van der Waals surface area contributed by atoms with Gasteiger partial charge in [-0.25, -0.2) is 33.2 Å². The van der Waals surface area contributed by atoms with E-state index >= 15 is 0 Å². The number of aromatic hydroxyl groups is 1. The number of anilines is 1. The molecule has 0 saturated carbocycles. The van der Waals surface area contributed by atoms with E-state index in [0.29, 0.717) is 39.1 Å². The maximum atomic E-state index is 13.4. The highest BCUT2D eigenvalue weighted by Gasteiger charge is 2.40. The van der Waals surface area contributed by atoms with Crippen molar-refractivity contribution in [2.75, 3.05) is 25.6 Å². The molecule has 8 rings (SSSR count). The highest BCUT2D eigenvalue weighted by atomic mass is 31.3. The van der Waals surface area contributed by atoms with E-state index in [-0.39, 0.29) is 58.2 Å². The first kappa shape index (κ1) is 50.8. The van der Waals surface area contributed by atoms with Gasteiger partial charge < -0.3 is 49.8 Å². The van der Waals surface area contributed by atoms with Crippen molar-refractivity contribution < 1.29 is 81.1 Å². The average molecular weight is 1040 g/mol. The van der Waals surface area contributed by atoms with Gasteiger partial charge in [-0.2, -0.15) is 4.62 Å². The minimum absolute atomic E-state index is 0.0310. The molecule has 5 aromatic rings. The lowest BCUT2D eigenvalue weighted by Crippen LogP contribution is -2.26. The van der Waals surface area contributed by atoms with E-state index in [2.05, 4.69) is 50.9 Å². The quantitative estimate of drug-likeness (QED) is 0.0237. The number of rotatable bonds is 17. The number of benzene rings is 4. The molecule has 25 nitrogen and oxygen atoms in total. The number of aromatic carboxylic acids is 1. The second-order valence-electron chi connectivity index (χ2n) is 15.4. The zero-order valence-corrected chi connectivity index (χ0v) is 39.5. The Balaban J connectivity index is 0.879. The Labute approximate surface area is 401 Å². The van der Waals surface area contributed by atoms with Crippen molar-refractivity contribution in [2.24, 2.45) is 0 Å². The maximum Gasteiger partial charge on any atom is 0.491 e. The van der Waals surface area contributed by atoms with Crippen LogP contribution in [0.25, 0.3) is 44.6 Å². The molecule has 1 aliphatic carbocycles. The summed E-state index contributed by atoms with van der Waals surface area (Å²) in [5.74, 6) is 4.59. The molecule has 4 heterocycles. The number of nitrogens with one attached hydrogen (secondary N) is 2. The number of carbonyl (C=O) groups excluding carboxylic acids is 1. The molecule has 370 valence electrons. The van der Waals surface area contributed by atoms with Gasteiger partial charge >= 0.3 is 30.1 Å². The van der Waals surface area contributed by atoms with E-state index in [1.807, 2.05) is 19.1 Å². The molecule has 0 bridgehead atoms. The van der Waals surface area contributed by atoms with Crippen molar-refractivity contribution in [2.45, 2.75) is 37.8 Å². The number of imidazole rings is 1. The largest absolute Gasteiger partial charge is 0.508 e. The van der Waals surface area contributed by atoms with Crippen LogP contribution in [0.3, 0.4) is 0 Å². The lowest BCUT2D eigenvalue weighted by molar-refractivity contribution is -0.224. The Morgan fingerprint density at radius 1 is 1.01 bits per heavy atom. The number of carboxylic acid groups (broad SMARTS) is 1. The molecule has 3 aliphatic rings. The number of hydrogen-bond acceptors (Lipinski definition) is 20. The highest BCUT2D eigenvalue weighted by molar-refractivity contribution is 7.59. The Bertz CT molecular complexity index is 3350. The van der Waals surface area contributed by atoms with Gasteiger partial charge in [0.15, 0.2) is 22.4 Å². The fourth-order valence-corrected chi connectivity index (χ4v) is 9.77. The first-order chi connectivity index (χ1) is 33.8. The lowest BCUT2D eigenvalue weighted by atomic mass is 9.89. The number of phosphoric acid groups is 2. The molecule has 71 heavy (non-hydrogen) atoms. The van der Waals surface area contributed by atoms with Gasteiger partial charge in [-0.1, -0.05) is 24.0 Å². The van der Waals surface area contributed by atoms with Crippen LogP contribution in [0, 0.1) is 11.8 Å². The summed E-state index contributed by atoms with van der Waals surface area (Å²) >= 11 is 0. The van der Waals surface area contributed by atoms with E-state index in [9.17, 15) is 58.7 Å². The molecule has 1 saturated heterocycles. The minimum atomic E-state index is -5.21. The normalized spacial score (nSPS) is 18.4. The summed E-state index contributed by atoms with van der Waals surface area (Å²) in [5.41, 5.74) is 3.09. The van der Waals surface area contributed by atoms with Crippen molar-refractivity contribution in [1.82, 2.24) is 29.8 Å². The third-order valence-corrected chi connectivity index (χ3v) is 14.0. The van der Waals surface area contributed by atoms with E-state index in [1.54, 1.807) is 18.2 Å². The third kappa shape index (κ3) is 11.6. The zero-order chi connectivity index (χ0) is 50.8. The van der Waals surface area contributed by atoms with Crippen molar-refractivity contribution in [3.8, 4) is 40.0 Å². The molecule has 1 amide bonds. The summed E-state index contributed by atoms with van der Waals surface area (Å²) in [7, 11) is -12.7. The molecule has 3 aromatic carbocycles. The van der Waals surface area contributed by atoms with E-state index < -0.39 is 66.1 Å². The van der Waals surface area contributed by atoms with Crippen molar-refractivity contribution in [3.05, 3.63) is 124 Å². The summed E-state index contributed by atoms with van der Waals surface area (Å²) in [6, 6.07) is 19.6. The van der Waals surface area contributed by atoms with Crippen molar-refractivity contribution >= 4 is 64.0 Å². The molecule has 1 fully saturated rings. The van der Waals surface area contributed by atoms with Gasteiger partial charge in [-0.05, 0) is 72.6 Å². The fourth-order valence-electron chi connectivity index (χ4n) is 7.42. The number of amides is 1. The van der Waals surface area contributed by atoms with Crippen LogP contribution in [0.4, 0.5) is 5.82 Å². The Hall–Kier alpha value is -6.55. The van der Waals surface area contributed by atoms with Gasteiger partial charge in [0.1, 0.15) is 35.8 Å². The summed E-state index contributed by atoms with van der Waals surface area (Å²) in [6.07, 6.45) is -0.633. The fraction of sp³-hybridized carbons (Fsp3) is 0.209. The molecule has 28 heteroatoms. The number of aliphatic hydroxyl groups excluding tert-OH is 1. The van der Waals surface area contributed by atoms with Gasteiger partial charge in [-0.15, -0.1) is 0 Å². The predicted octanol–water partition coefficient (Wildman–Crippen LogP) is 5.43. The van der Waals surface area contributed by atoms with Crippen LogP contribution >= 0.6 is 24.2 Å². The minimum Gasteiger partial charge on any atom is -0.508 e. The zero-order valence-electron chi connectivity index (χ0n) is 36.8. The SMILES string of the molecule is COP(=O)(O)OP(O)N(O)OP(=O)(O)OCC1OC(n2cnc3c(NC(C)c4ccc(C#CCNC(=O)c5ccc(C(=O)O)c(-c6c7ccc(=O)cc-7oc7cc(O)ccc67)c5)cc4)ncnc32)CC1O. The topological polar surface area (TPSA) is 357 Å². The Morgan fingerprint density at radius 2 is 1.79 bits per heavy atom. The summed E-state index contributed by atoms with van der Waals surface area (Å²) in [5, 5.41) is 47.1. The number of hydrogen-bond donors (Lipinski definition) is 9. The van der Waals surface area contributed by atoms with Gasteiger partial charge in [0, 0.05) is 58.3 Å². The van der Waals surface area contributed by atoms with Gasteiger partial charge in [0.2, 0.25) is 0 Å². The second kappa shape index (κ2) is 21.0. The molecule has 9 N–H and O–H groups in total. The number of fused-ring (bicyclic) bond motifs is 3. The standard InChI is InChI=1S/C43H40N7O18P3/c1-23(48-40-39-41(46-21-45-40)49(22-47-39)37-19-33(53)36(66-37)20-64-71(61,62)67-50(57)69(58)68-70(59,60)63-2)25-7-5-24(6-8-25)4-3-15-44-42(54)26-9-12-29(43(55)56)32(16-26)38-30-13-10-27(51)17-34(30)65-35-18-28(52)11-14-31(35)38/h5-14,16-18,21-23,33,36-37,51,53,57-58H,15,19-20H2,1-2H3,(H,44,54)(H,55,56)(H,59,60)(H,61,62)(H,45,46,48). The van der Waals surface area contributed by atoms with Gasteiger partial charge in [0.25, 0.3) is 5.91 Å².